The van der Waals surface area contributed by atoms with E-state index in [4.69, 9.17) is 13.6 Å². The average molecular weight is 337 g/mol. The summed E-state index contributed by atoms with van der Waals surface area (Å²) >= 11 is 0. The molecule has 128 valence electrons. The van der Waals surface area contributed by atoms with Gasteiger partial charge >= 0.3 is 14.5 Å². The van der Waals surface area contributed by atoms with Crippen LogP contribution >= 0.6 is 0 Å². The average Bonchev–Trinajstić information content (AvgIpc) is 2.60. The maximum atomic E-state index is 12.1. The Balaban J connectivity index is 2.76. The molecule has 0 fully saturated rings. The van der Waals surface area contributed by atoms with E-state index in [0.29, 0.717) is 6.42 Å². The summed E-state index contributed by atoms with van der Waals surface area (Å²) in [6, 6.07) is 10.5. The monoisotopic (exact) mass is 336 g/mol. The van der Waals surface area contributed by atoms with E-state index >= 15 is 0 Å². The molecule has 0 radical (unpaired) electrons. The molecule has 4 nitrogen and oxygen atoms in total. The predicted molar refractivity (Wildman–Crippen MR) is 95.1 cm³/mol. The van der Waals surface area contributed by atoms with Crippen molar-refractivity contribution in [1.29, 1.82) is 0 Å². The first-order valence-corrected chi connectivity index (χ1v) is 10.3. The van der Waals surface area contributed by atoms with Gasteiger partial charge < -0.3 is 13.6 Å². The maximum absolute atomic E-state index is 12.1. The van der Waals surface area contributed by atoms with E-state index in [1.54, 1.807) is 20.3 Å². The van der Waals surface area contributed by atoms with Crippen LogP contribution in [0.2, 0.25) is 6.04 Å². The van der Waals surface area contributed by atoms with Gasteiger partial charge in [0.2, 0.25) is 0 Å². The van der Waals surface area contributed by atoms with Gasteiger partial charge in [-0.15, -0.1) is 0 Å². The lowest BCUT2D eigenvalue weighted by atomic mass is 10.2. The highest BCUT2D eigenvalue weighted by Gasteiger charge is 2.45. The zero-order chi connectivity index (χ0) is 17.1. The summed E-state index contributed by atoms with van der Waals surface area (Å²) < 4.78 is 17.1. The number of rotatable bonds is 10. The van der Waals surface area contributed by atoms with E-state index in [1.807, 2.05) is 37.3 Å². The molecule has 0 aliphatic heterocycles. The second-order valence-corrected chi connectivity index (χ2v) is 8.99. The van der Waals surface area contributed by atoms with Crippen molar-refractivity contribution in [2.75, 3.05) is 14.2 Å². The number of carbonyl (C=O) groups excluding carboxylic acids is 1. The summed E-state index contributed by atoms with van der Waals surface area (Å²) in [5, 5.41) is 0. The van der Waals surface area contributed by atoms with E-state index in [0.717, 1.165) is 24.4 Å². The largest absolute Gasteiger partial charge is 0.457 e. The summed E-state index contributed by atoms with van der Waals surface area (Å²) in [4.78, 5) is 12.1. The van der Waals surface area contributed by atoms with E-state index in [2.05, 4.69) is 6.92 Å². The summed E-state index contributed by atoms with van der Waals surface area (Å²) in [7, 11) is 0.767. The third-order valence-corrected chi connectivity index (χ3v) is 7.84. The van der Waals surface area contributed by atoms with Crippen molar-refractivity contribution in [3.8, 4) is 0 Å². The van der Waals surface area contributed by atoms with Crippen LogP contribution in [0.25, 0.3) is 6.08 Å². The molecule has 5 heteroatoms. The first kappa shape index (κ1) is 19.6. The topological polar surface area (TPSA) is 44.8 Å². The Hall–Kier alpha value is -1.43. The van der Waals surface area contributed by atoms with Crippen LogP contribution < -0.4 is 0 Å². The fourth-order valence-electron chi connectivity index (χ4n) is 2.53. The molecule has 0 N–H and O–H groups in total. The smallest absolute Gasteiger partial charge is 0.379 e. The molecule has 0 heterocycles. The van der Waals surface area contributed by atoms with E-state index < -0.39 is 8.56 Å². The SMILES string of the molecule is CCCC[Si](OC)(OC)C(CC)OC(=O)C=Cc1ccccc1. The van der Waals surface area contributed by atoms with Crippen molar-refractivity contribution >= 4 is 20.6 Å². The molecule has 0 saturated heterocycles. The molecule has 0 aromatic heterocycles. The van der Waals surface area contributed by atoms with Gasteiger partial charge in [-0.1, -0.05) is 57.0 Å². The highest BCUT2D eigenvalue weighted by molar-refractivity contribution is 6.68. The lowest BCUT2D eigenvalue weighted by molar-refractivity contribution is -0.141. The number of hydrogen-bond donors (Lipinski definition) is 0. The fraction of sp³-hybridized carbons (Fsp3) is 0.500. The van der Waals surface area contributed by atoms with Gasteiger partial charge in [0.1, 0.15) is 5.73 Å². The lowest BCUT2D eigenvalue weighted by Crippen LogP contribution is -2.53. The molecular weight excluding hydrogens is 308 g/mol. The molecule has 0 spiro atoms. The van der Waals surface area contributed by atoms with Crippen LogP contribution in [-0.2, 0) is 18.4 Å². The van der Waals surface area contributed by atoms with Crippen molar-refractivity contribution in [3.63, 3.8) is 0 Å². The molecule has 1 rings (SSSR count). The minimum atomic E-state index is -2.54. The Labute approximate surface area is 140 Å². The molecule has 23 heavy (non-hydrogen) atoms. The zero-order valence-electron chi connectivity index (χ0n) is 14.6. The standard InChI is InChI=1S/C18H28O4Si/c1-5-7-15-23(20-3,21-4)18(6-2)22-17(19)14-13-16-11-9-8-10-12-16/h8-14,18H,5-7,15H2,1-4H3. The Morgan fingerprint density at radius 1 is 1.17 bits per heavy atom. The van der Waals surface area contributed by atoms with Crippen LogP contribution in [0.1, 0.15) is 38.7 Å². The Bertz CT molecular complexity index is 483. The molecule has 1 aromatic carbocycles. The third-order valence-electron chi connectivity index (χ3n) is 3.90. The summed E-state index contributed by atoms with van der Waals surface area (Å²) in [5.74, 6) is -0.358. The lowest BCUT2D eigenvalue weighted by Gasteiger charge is -2.33. The van der Waals surface area contributed by atoms with Crippen LogP contribution in [0.3, 0.4) is 0 Å². The quantitative estimate of drug-likeness (QED) is 0.367. The summed E-state index contributed by atoms with van der Waals surface area (Å²) in [5.41, 5.74) is 0.655. The number of ether oxygens (including phenoxy) is 1. The van der Waals surface area contributed by atoms with Gasteiger partial charge in [0.05, 0.1) is 0 Å². The number of hydrogen-bond acceptors (Lipinski definition) is 4. The Morgan fingerprint density at radius 2 is 1.83 bits per heavy atom. The van der Waals surface area contributed by atoms with Crippen LogP contribution in [0, 0.1) is 0 Å². The first-order valence-electron chi connectivity index (χ1n) is 8.15. The van der Waals surface area contributed by atoms with Gasteiger partial charge in [-0.05, 0) is 24.1 Å². The van der Waals surface area contributed by atoms with Gasteiger partial charge in [-0.3, -0.25) is 0 Å². The number of esters is 1. The number of unbranched alkanes of at least 4 members (excludes halogenated alkanes) is 1. The number of carbonyl (C=O) groups is 1. The predicted octanol–water partition coefficient (Wildman–Crippen LogP) is 4.10. The van der Waals surface area contributed by atoms with E-state index in [1.165, 1.54) is 6.08 Å². The maximum Gasteiger partial charge on any atom is 0.379 e. The molecule has 1 atom stereocenters. The Kier molecular flexibility index (Phi) is 8.84. The van der Waals surface area contributed by atoms with Crippen LogP contribution in [-0.4, -0.2) is 34.5 Å². The van der Waals surface area contributed by atoms with Crippen LogP contribution in [0.15, 0.2) is 36.4 Å². The highest BCUT2D eigenvalue weighted by Crippen LogP contribution is 2.24. The van der Waals surface area contributed by atoms with Crippen molar-refractivity contribution in [2.45, 2.75) is 44.9 Å². The van der Waals surface area contributed by atoms with E-state index in [-0.39, 0.29) is 11.7 Å². The third kappa shape index (κ3) is 5.93. The minimum absolute atomic E-state index is 0.308. The van der Waals surface area contributed by atoms with Crippen molar-refractivity contribution in [1.82, 2.24) is 0 Å². The van der Waals surface area contributed by atoms with Crippen LogP contribution in [0.4, 0.5) is 0 Å². The van der Waals surface area contributed by atoms with Crippen molar-refractivity contribution < 1.29 is 18.4 Å². The first-order chi connectivity index (χ1) is 11.1. The molecule has 1 unspecified atom stereocenters. The second kappa shape index (κ2) is 10.4. The molecule has 0 aliphatic rings. The molecule has 0 aliphatic carbocycles. The van der Waals surface area contributed by atoms with Crippen molar-refractivity contribution in [2.24, 2.45) is 0 Å². The normalized spacial score (nSPS) is 13.2. The van der Waals surface area contributed by atoms with E-state index in [9.17, 15) is 4.79 Å². The molecular formula is C18H28O4Si. The van der Waals surface area contributed by atoms with Gasteiger partial charge in [0.25, 0.3) is 0 Å². The number of benzene rings is 1. The fourth-order valence-corrected chi connectivity index (χ4v) is 5.71. The van der Waals surface area contributed by atoms with Gasteiger partial charge in [0, 0.05) is 20.3 Å². The van der Waals surface area contributed by atoms with Gasteiger partial charge in [-0.2, -0.15) is 0 Å². The molecule has 1 aromatic rings. The van der Waals surface area contributed by atoms with Gasteiger partial charge in [0.15, 0.2) is 0 Å². The molecule has 0 saturated carbocycles. The second-order valence-electron chi connectivity index (χ2n) is 5.40. The summed E-state index contributed by atoms with van der Waals surface area (Å²) in [6.45, 7) is 4.12. The highest BCUT2D eigenvalue weighted by atomic mass is 28.4. The van der Waals surface area contributed by atoms with Gasteiger partial charge in [-0.25, -0.2) is 4.79 Å². The summed E-state index contributed by atoms with van der Waals surface area (Å²) in [6.07, 6.45) is 5.95. The van der Waals surface area contributed by atoms with Crippen LogP contribution in [0.5, 0.6) is 0 Å². The minimum Gasteiger partial charge on any atom is -0.457 e. The Morgan fingerprint density at radius 3 is 2.35 bits per heavy atom. The zero-order valence-corrected chi connectivity index (χ0v) is 15.6. The molecule has 0 bridgehead atoms. The van der Waals surface area contributed by atoms with Crippen molar-refractivity contribution in [3.05, 3.63) is 42.0 Å². The molecule has 0 amide bonds.